The Morgan fingerprint density at radius 1 is 1.15 bits per heavy atom. The van der Waals surface area contributed by atoms with Crippen LogP contribution in [-0.4, -0.2) is 28.5 Å². The van der Waals surface area contributed by atoms with E-state index < -0.39 is 22.7 Å². The summed E-state index contributed by atoms with van der Waals surface area (Å²) in [6, 6.07) is 11.6. The Balaban J connectivity index is 2.08. The molecule has 7 nitrogen and oxygen atoms in total. The number of rotatable bonds is 7. The van der Waals surface area contributed by atoms with Crippen molar-refractivity contribution in [1.82, 2.24) is 5.32 Å². The minimum atomic E-state index is -1.01. The number of nitro benzene ring substituents is 1. The number of carbonyl (C=O) groups is 2. The summed E-state index contributed by atoms with van der Waals surface area (Å²) in [7, 11) is 0. The second kappa shape index (κ2) is 8.24. The van der Waals surface area contributed by atoms with E-state index >= 15 is 0 Å². The Hall–Kier alpha value is -3.22. The van der Waals surface area contributed by atoms with Crippen LogP contribution in [0.4, 0.5) is 5.69 Å². The topological polar surface area (TPSA) is 110 Å². The molecule has 0 saturated carbocycles. The Labute approximate surface area is 150 Å². The van der Waals surface area contributed by atoms with Gasteiger partial charge in [0.05, 0.1) is 10.8 Å². The molecule has 2 aromatic carbocycles. The van der Waals surface area contributed by atoms with Crippen molar-refractivity contribution < 1.29 is 19.6 Å². The summed E-state index contributed by atoms with van der Waals surface area (Å²) in [5.41, 5.74) is 2.44. The summed E-state index contributed by atoms with van der Waals surface area (Å²) in [5, 5.41) is 22.9. The molecule has 0 spiro atoms. The number of hydrogen-bond donors (Lipinski definition) is 2. The number of carboxylic acid groups (broad SMARTS) is 1. The summed E-state index contributed by atoms with van der Waals surface area (Å²) >= 11 is 0. The van der Waals surface area contributed by atoms with Crippen LogP contribution in [0.3, 0.4) is 0 Å². The molecule has 2 aromatic rings. The molecule has 0 aliphatic rings. The van der Waals surface area contributed by atoms with E-state index in [2.05, 4.69) is 5.32 Å². The van der Waals surface area contributed by atoms with Crippen LogP contribution in [0.15, 0.2) is 42.5 Å². The van der Waals surface area contributed by atoms with Gasteiger partial charge in [-0.25, -0.2) is 0 Å². The Kier molecular flexibility index (Phi) is 6.06. The predicted molar refractivity (Wildman–Crippen MR) is 96.2 cm³/mol. The number of nitrogens with one attached hydrogen (secondary N) is 1. The fraction of sp³-hybridized carbons (Fsp3) is 0.263. The maximum absolute atomic E-state index is 12.3. The maximum Gasteiger partial charge on any atom is 0.308 e. The number of carbonyl (C=O) groups excluding carboxylic acids is 1. The van der Waals surface area contributed by atoms with Gasteiger partial charge >= 0.3 is 5.97 Å². The molecule has 1 atom stereocenters. The fourth-order valence-electron chi connectivity index (χ4n) is 2.69. The largest absolute Gasteiger partial charge is 0.481 e. The Morgan fingerprint density at radius 2 is 1.88 bits per heavy atom. The van der Waals surface area contributed by atoms with Crippen LogP contribution < -0.4 is 5.32 Å². The molecule has 7 heteroatoms. The third-order valence-electron chi connectivity index (χ3n) is 3.96. The lowest BCUT2D eigenvalue weighted by molar-refractivity contribution is -0.384. The molecule has 136 valence electrons. The average Bonchev–Trinajstić information content (AvgIpc) is 2.57. The number of hydrogen-bond acceptors (Lipinski definition) is 4. The molecule has 2 N–H and O–H groups in total. The number of benzene rings is 2. The van der Waals surface area contributed by atoms with Crippen molar-refractivity contribution in [3.05, 3.63) is 74.8 Å². The highest BCUT2D eigenvalue weighted by Crippen LogP contribution is 2.17. The molecule has 2 rings (SSSR count). The number of amides is 1. The van der Waals surface area contributed by atoms with Crippen LogP contribution in [0.25, 0.3) is 0 Å². The van der Waals surface area contributed by atoms with Crippen LogP contribution in [0.1, 0.15) is 27.0 Å². The van der Waals surface area contributed by atoms with E-state index in [1.54, 1.807) is 6.92 Å². The highest BCUT2D eigenvalue weighted by Gasteiger charge is 2.20. The van der Waals surface area contributed by atoms with Gasteiger partial charge in [0.15, 0.2) is 0 Å². The lowest BCUT2D eigenvalue weighted by atomic mass is 9.98. The number of non-ortho nitro benzene ring substituents is 1. The first kappa shape index (κ1) is 19.1. The van der Waals surface area contributed by atoms with Crippen LogP contribution in [0.5, 0.6) is 0 Å². The number of nitrogens with zero attached hydrogens (tertiary/aromatic N) is 1. The molecule has 0 aliphatic heterocycles. The molecule has 0 fully saturated rings. The molecule has 0 radical (unpaired) electrons. The van der Waals surface area contributed by atoms with Crippen molar-refractivity contribution in [2.75, 3.05) is 6.54 Å². The zero-order valence-corrected chi connectivity index (χ0v) is 14.6. The highest BCUT2D eigenvalue weighted by atomic mass is 16.6. The zero-order chi connectivity index (χ0) is 19.3. The first-order chi connectivity index (χ1) is 12.3. The zero-order valence-electron chi connectivity index (χ0n) is 14.6. The number of aryl methyl sites for hydroxylation is 2. The number of nitro groups is 1. The Morgan fingerprint density at radius 3 is 2.50 bits per heavy atom. The van der Waals surface area contributed by atoms with Gasteiger partial charge in [-0.1, -0.05) is 29.8 Å². The van der Waals surface area contributed by atoms with Crippen LogP contribution in [0, 0.1) is 29.9 Å². The van der Waals surface area contributed by atoms with Gasteiger partial charge in [-0.05, 0) is 37.5 Å². The molecule has 26 heavy (non-hydrogen) atoms. The van der Waals surface area contributed by atoms with E-state index in [1.807, 2.05) is 31.2 Å². The van der Waals surface area contributed by atoms with E-state index in [4.69, 9.17) is 0 Å². The third-order valence-corrected chi connectivity index (χ3v) is 3.96. The number of aliphatic carboxylic acids is 1. The quantitative estimate of drug-likeness (QED) is 0.585. The van der Waals surface area contributed by atoms with Gasteiger partial charge in [0.1, 0.15) is 0 Å². The molecule has 1 unspecified atom stereocenters. The van der Waals surface area contributed by atoms with Crippen molar-refractivity contribution in [1.29, 1.82) is 0 Å². The van der Waals surface area contributed by atoms with E-state index in [0.29, 0.717) is 5.56 Å². The average molecular weight is 356 g/mol. The fourth-order valence-corrected chi connectivity index (χ4v) is 2.69. The molecular weight excluding hydrogens is 336 g/mol. The van der Waals surface area contributed by atoms with Crippen molar-refractivity contribution in [2.45, 2.75) is 20.3 Å². The third kappa shape index (κ3) is 5.14. The van der Waals surface area contributed by atoms with Gasteiger partial charge in [-0.2, -0.15) is 0 Å². The van der Waals surface area contributed by atoms with Crippen molar-refractivity contribution >= 4 is 17.6 Å². The molecule has 0 saturated heterocycles. The summed E-state index contributed by atoms with van der Waals surface area (Å²) in [4.78, 5) is 34.1. The Bertz CT molecular complexity index is 848. The summed E-state index contributed by atoms with van der Waals surface area (Å²) in [5.74, 6) is -2.34. The van der Waals surface area contributed by atoms with Gasteiger partial charge in [0.2, 0.25) is 0 Å². The first-order valence-corrected chi connectivity index (χ1v) is 8.09. The second-order valence-electron chi connectivity index (χ2n) is 6.25. The maximum atomic E-state index is 12.3. The highest BCUT2D eigenvalue weighted by molar-refractivity contribution is 5.95. The molecule has 0 aromatic heterocycles. The molecule has 0 heterocycles. The second-order valence-corrected chi connectivity index (χ2v) is 6.25. The monoisotopic (exact) mass is 356 g/mol. The van der Waals surface area contributed by atoms with Gasteiger partial charge in [-0.15, -0.1) is 0 Å². The predicted octanol–water partition coefficient (Wildman–Crippen LogP) is 2.88. The lowest BCUT2D eigenvalue weighted by Gasteiger charge is -2.14. The van der Waals surface area contributed by atoms with Crippen molar-refractivity contribution in [3.8, 4) is 0 Å². The van der Waals surface area contributed by atoms with Gasteiger partial charge in [-0.3, -0.25) is 19.7 Å². The van der Waals surface area contributed by atoms with Gasteiger partial charge < -0.3 is 10.4 Å². The van der Waals surface area contributed by atoms with Crippen molar-refractivity contribution in [3.63, 3.8) is 0 Å². The van der Waals surface area contributed by atoms with Crippen LogP contribution >= 0.6 is 0 Å². The molecule has 1 amide bonds. The standard InChI is InChI=1S/C19H20N2O5/c1-12-4-3-5-14(6-12)9-16(19(23)24)11-20-18(22)15-7-13(2)8-17(10-15)21(25)26/h3-8,10,16H,9,11H2,1-2H3,(H,20,22)(H,23,24). The lowest BCUT2D eigenvalue weighted by Crippen LogP contribution is -2.34. The van der Waals surface area contributed by atoms with Crippen LogP contribution in [0.2, 0.25) is 0 Å². The van der Waals surface area contributed by atoms with E-state index in [-0.39, 0.29) is 24.2 Å². The van der Waals surface area contributed by atoms with E-state index in [0.717, 1.165) is 11.1 Å². The SMILES string of the molecule is Cc1cccc(CC(CNC(=O)c2cc(C)cc([N+](=O)[O-])c2)C(=O)O)c1. The summed E-state index contributed by atoms with van der Waals surface area (Å²) in [6.45, 7) is 3.51. The summed E-state index contributed by atoms with van der Waals surface area (Å²) in [6.07, 6.45) is 0.283. The molecule has 0 aliphatic carbocycles. The minimum Gasteiger partial charge on any atom is -0.481 e. The number of carboxylic acids is 1. The van der Waals surface area contributed by atoms with Gasteiger partial charge in [0.25, 0.3) is 11.6 Å². The van der Waals surface area contributed by atoms with Gasteiger partial charge in [0, 0.05) is 24.2 Å². The smallest absolute Gasteiger partial charge is 0.308 e. The van der Waals surface area contributed by atoms with Crippen LogP contribution in [-0.2, 0) is 11.2 Å². The first-order valence-electron chi connectivity index (χ1n) is 8.09. The van der Waals surface area contributed by atoms with E-state index in [9.17, 15) is 24.8 Å². The normalized spacial score (nSPS) is 11.6. The van der Waals surface area contributed by atoms with E-state index in [1.165, 1.54) is 18.2 Å². The summed E-state index contributed by atoms with van der Waals surface area (Å²) < 4.78 is 0. The minimum absolute atomic E-state index is 0.0656. The van der Waals surface area contributed by atoms with Crippen molar-refractivity contribution in [2.24, 2.45) is 5.92 Å². The molecule has 0 bridgehead atoms. The molecular formula is C19H20N2O5.